The second-order valence-corrected chi connectivity index (χ2v) is 5.90. The van der Waals surface area contributed by atoms with E-state index in [0.717, 1.165) is 38.9 Å². The van der Waals surface area contributed by atoms with Gasteiger partial charge in [-0.3, -0.25) is 0 Å². The normalized spacial score (nSPS) is 13.3. The first-order chi connectivity index (χ1) is 10.5. The van der Waals surface area contributed by atoms with Crippen molar-refractivity contribution in [2.24, 2.45) is 11.8 Å². The minimum atomic E-state index is 0.0598. The van der Waals surface area contributed by atoms with Crippen LogP contribution >= 0.6 is 0 Å². The first kappa shape index (κ1) is 18.0. The summed E-state index contributed by atoms with van der Waals surface area (Å²) in [7, 11) is 0. The molecule has 4 heteroatoms. The fourth-order valence-corrected chi connectivity index (χ4v) is 2.17. The molecule has 118 valence electrons. The number of hydrogen-bond acceptors (Lipinski definition) is 4. The number of phenols is 1. The lowest BCUT2D eigenvalue weighted by Crippen LogP contribution is -2.30. The summed E-state index contributed by atoms with van der Waals surface area (Å²) in [6.45, 7) is 6.54. The van der Waals surface area contributed by atoms with E-state index in [4.69, 9.17) is 10.5 Å². The summed E-state index contributed by atoms with van der Waals surface area (Å²) in [6, 6.07) is 11.8. The molecule has 0 aliphatic heterocycles. The molecule has 0 spiro atoms. The highest BCUT2D eigenvalue weighted by Crippen LogP contribution is 2.12. The molecule has 0 aromatic heterocycles. The van der Waals surface area contributed by atoms with Crippen molar-refractivity contribution in [1.82, 2.24) is 4.90 Å². The van der Waals surface area contributed by atoms with Crippen molar-refractivity contribution in [2.75, 3.05) is 19.6 Å². The molecule has 4 nitrogen and oxygen atoms in total. The summed E-state index contributed by atoms with van der Waals surface area (Å²) in [6.07, 6.45) is 2.61. The predicted molar refractivity (Wildman–Crippen MR) is 87.0 cm³/mol. The topological polar surface area (TPSA) is 71.1 Å². The van der Waals surface area contributed by atoms with E-state index in [1.165, 1.54) is 5.56 Å². The second-order valence-electron chi connectivity index (χ2n) is 5.90. The highest BCUT2D eigenvalue weighted by atomic mass is 16.3. The van der Waals surface area contributed by atoms with E-state index in [1.54, 1.807) is 12.1 Å². The maximum atomic E-state index is 9.31. The molecule has 0 aliphatic rings. The van der Waals surface area contributed by atoms with Gasteiger partial charge in [0.15, 0.2) is 0 Å². The van der Waals surface area contributed by atoms with E-state index in [0.29, 0.717) is 0 Å². The van der Waals surface area contributed by atoms with Gasteiger partial charge in [0.25, 0.3) is 0 Å². The number of phenolic OH excluding ortho intramolecular Hbond substituents is 1. The Morgan fingerprint density at radius 3 is 1.91 bits per heavy atom. The molecule has 2 unspecified atom stereocenters. The summed E-state index contributed by atoms with van der Waals surface area (Å²) in [4.78, 5) is 2.33. The van der Waals surface area contributed by atoms with Gasteiger partial charge in [-0.1, -0.05) is 12.1 Å². The van der Waals surface area contributed by atoms with Crippen LogP contribution in [0.25, 0.3) is 0 Å². The molecule has 0 bridgehead atoms. The molecule has 0 saturated carbocycles. The largest absolute Gasteiger partial charge is 0.508 e. The molecule has 1 rings (SSSR count). The Bertz CT molecular complexity index is 489. The van der Waals surface area contributed by atoms with Crippen molar-refractivity contribution in [2.45, 2.75) is 33.1 Å². The van der Waals surface area contributed by atoms with Gasteiger partial charge in [-0.2, -0.15) is 10.5 Å². The Balaban J connectivity index is 2.50. The zero-order chi connectivity index (χ0) is 16.4. The van der Waals surface area contributed by atoms with Crippen LogP contribution in [0.1, 0.15) is 32.3 Å². The van der Waals surface area contributed by atoms with Crippen LogP contribution in [-0.2, 0) is 6.42 Å². The zero-order valence-electron chi connectivity index (χ0n) is 13.5. The first-order valence-electron chi connectivity index (χ1n) is 7.84. The Labute approximate surface area is 133 Å². The summed E-state index contributed by atoms with van der Waals surface area (Å²) in [5.74, 6) is 0.403. The smallest absolute Gasteiger partial charge is 0.115 e. The number of nitrogens with zero attached hydrogens (tertiary/aromatic N) is 3. The first-order valence-corrected chi connectivity index (χ1v) is 7.84. The maximum Gasteiger partial charge on any atom is 0.115 e. The van der Waals surface area contributed by atoms with E-state index in [9.17, 15) is 5.11 Å². The third kappa shape index (κ3) is 7.11. The molecular formula is C18H25N3O. The quantitative estimate of drug-likeness (QED) is 0.759. The fourth-order valence-electron chi connectivity index (χ4n) is 2.17. The molecule has 0 heterocycles. The average molecular weight is 299 g/mol. The summed E-state index contributed by atoms with van der Waals surface area (Å²) in [5.41, 5.74) is 1.18. The van der Waals surface area contributed by atoms with Crippen LogP contribution in [0.2, 0.25) is 0 Å². The Morgan fingerprint density at radius 1 is 0.955 bits per heavy atom. The highest BCUT2D eigenvalue weighted by Gasteiger charge is 2.10. The molecule has 2 atom stereocenters. The standard InChI is InChI=1S/C18H25N3O/c1-15(13-19)7-10-21(11-8-16(2)14-20)12-9-17-3-5-18(22)6-4-17/h3-6,15-16,22H,7-12H2,1-2H3. The van der Waals surface area contributed by atoms with Crippen LogP contribution in [0.5, 0.6) is 5.75 Å². The van der Waals surface area contributed by atoms with E-state index >= 15 is 0 Å². The fraction of sp³-hybridized carbons (Fsp3) is 0.556. The van der Waals surface area contributed by atoms with Gasteiger partial charge in [0.1, 0.15) is 5.75 Å². The van der Waals surface area contributed by atoms with Gasteiger partial charge in [0.05, 0.1) is 12.1 Å². The molecule has 0 saturated heterocycles. The van der Waals surface area contributed by atoms with Gasteiger partial charge in [0.2, 0.25) is 0 Å². The second kappa shape index (κ2) is 9.82. The van der Waals surface area contributed by atoms with E-state index in [-0.39, 0.29) is 17.6 Å². The van der Waals surface area contributed by atoms with Crippen molar-refractivity contribution in [3.05, 3.63) is 29.8 Å². The number of rotatable bonds is 9. The lowest BCUT2D eigenvalue weighted by molar-refractivity contribution is 0.254. The van der Waals surface area contributed by atoms with E-state index < -0.39 is 0 Å². The third-order valence-corrected chi connectivity index (χ3v) is 3.85. The van der Waals surface area contributed by atoms with Gasteiger partial charge in [-0.15, -0.1) is 0 Å². The molecule has 0 fully saturated rings. The average Bonchev–Trinajstić information content (AvgIpc) is 2.54. The highest BCUT2D eigenvalue weighted by molar-refractivity contribution is 5.25. The van der Waals surface area contributed by atoms with Crippen molar-refractivity contribution in [1.29, 1.82) is 10.5 Å². The maximum absolute atomic E-state index is 9.31. The van der Waals surface area contributed by atoms with Gasteiger partial charge in [0, 0.05) is 18.4 Å². The lowest BCUT2D eigenvalue weighted by atomic mass is 10.1. The Hall–Kier alpha value is -2.04. The van der Waals surface area contributed by atoms with Crippen LogP contribution in [0.15, 0.2) is 24.3 Å². The number of nitriles is 2. The minimum Gasteiger partial charge on any atom is -0.508 e. The zero-order valence-corrected chi connectivity index (χ0v) is 13.5. The Kier molecular flexibility index (Phi) is 8.04. The minimum absolute atomic E-state index is 0.0598. The molecule has 1 N–H and O–H groups in total. The van der Waals surface area contributed by atoms with E-state index in [1.807, 2.05) is 26.0 Å². The molecule has 1 aromatic carbocycles. The summed E-state index contributed by atoms with van der Waals surface area (Å²) >= 11 is 0. The van der Waals surface area contributed by atoms with Crippen LogP contribution < -0.4 is 0 Å². The molecular weight excluding hydrogens is 274 g/mol. The molecule has 0 radical (unpaired) electrons. The monoisotopic (exact) mass is 299 g/mol. The molecule has 0 amide bonds. The Morgan fingerprint density at radius 2 is 1.45 bits per heavy atom. The van der Waals surface area contributed by atoms with Gasteiger partial charge < -0.3 is 10.0 Å². The van der Waals surface area contributed by atoms with Crippen LogP contribution in [0, 0.1) is 34.5 Å². The van der Waals surface area contributed by atoms with Gasteiger partial charge >= 0.3 is 0 Å². The van der Waals surface area contributed by atoms with Crippen LogP contribution in [-0.4, -0.2) is 29.6 Å². The number of benzene rings is 1. The number of aromatic hydroxyl groups is 1. The van der Waals surface area contributed by atoms with Gasteiger partial charge in [-0.05, 0) is 63.9 Å². The number of hydrogen-bond donors (Lipinski definition) is 1. The molecule has 1 aromatic rings. The van der Waals surface area contributed by atoms with Crippen LogP contribution in [0.3, 0.4) is 0 Å². The van der Waals surface area contributed by atoms with Crippen LogP contribution in [0.4, 0.5) is 0 Å². The molecule has 22 heavy (non-hydrogen) atoms. The third-order valence-electron chi connectivity index (χ3n) is 3.85. The summed E-state index contributed by atoms with van der Waals surface area (Å²) < 4.78 is 0. The SMILES string of the molecule is CC(C#N)CCN(CCc1ccc(O)cc1)CCC(C)C#N. The van der Waals surface area contributed by atoms with Gasteiger partial charge in [-0.25, -0.2) is 0 Å². The summed E-state index contributed by atoms with van der Waals surface area (Å²) in [5, 5.41) is 27.1. The predicted octanol–water partition coefficient (Wildman–Crippen LogP) is 3.34. The van der Waals surface area contributed by atoms with Crippen molar-refractivity contribution in [3.63, 3.8) is 0 Å². The molecule has 0 aliphatic carbocycles. The van der Waals surface area contributed by atoms with Crippen molar-refractivity contribution >= 4 is 0 Å². The van der Waals surface area contributed by atoms with Crippen molar-refractivity contribution in [3.8, 4) is 17.9 Å². The van der Waals surface area contributed by atoms with E-state index in [2.05, 4.69) is 17.0 Å². The van der Waals surface area contributed by atoms with Crippen molar-refractivity contribution < 1.29 is 5.11 Å². The lowest BCUT2D eigenvalue weighted by Gasteiger charge is -2.23.